The van der Waals surface area contributed by atoms with Crippen LogP contribution in [0.5, 0.6) is 0 Å². The highest BCUT2D eigenvalue weighted by atomic mass is 16.5. The quantitative estimate of drug-likeness (QED) is 0.536. The smallest absolute Gasteiger partial charge is 0.245 e. The average molecular weight is 202 g/mol. The number of hydrogen-bond acceptors (Lipinski definition) is 3. The lowest BCUT2D eigenvalue weighted by Gasteiger charge is -2.05. The van der Waals surface area contributed by atoms with E-state index in [0.29, 0.717) is 6.61 Å². The van der Waals surface area contributed by atoms with Gasteiger partial charge in [0.05, 0.1) is 0 Å². The van der Waals surface area contributed by atoms with E-state index in [0.717, 1.165) is 32.4 Å². The summed E-state index contributed by atoms with van der Waals surface area (Å²) in [5.41, 5.74) is 0. The lowest BCUT2D eigenvalue weighted by Crippen LogP contribution is -2.30. The van der Waals surface area contributed by atoms with Crippen LogP contribution in [0.3, 0.4) is 0 Å². The molecule has 0 unspecified atom stereocenters. The zero-order valence-electron chi connectivity index (χ0n) is 9.27. The maximum absolute atomic E-state index is 11.1. The van der Waals surface area contributed by atoms with Gasteiger partial charge in [-0.15, -0.1) is 0 Å². The molecule has 0 aliphatic heterocycles. The number of nitrogens with one attached hydrogen (secondary N) is 2. The van der Waals surface area contributed by atoms with Crippen molar-refractivity contribution in [3.8, 4) is 0 Å². The predicted molar refractivity (Wildman–Crippen MR) is 57.3 cm³/mol. The van der Waals surface area contributed by atoms with Crippen LogP contribution < -0.4 is 10.6 Å². The average Bonchev–Trinajstić information content (AvgIpc) is 2.19. The number of amides is 1. The minimum absolute atomic E-state index is 0.0165. The van der Waals surface area contributed by atoms with Gasteiger partial charge in [-0.3, -0.25) is 4.79 Å². The lowest BCUT2D eigenvalue weighted by molar-refractivity contribution is -0.125. The first-order chi connectivity index (χ1) is 6.81. The Hall–Kier alpha value is -0.610. The molecule has 0 aromatic rings. The first-order valence-corrected chi connectivity index (χ1v) is 5.30. The van der Waals surface area contributed by atoms with E-state index in [-0.39, 0.29) is 12.5 Å². The summed E-state index contributed by atoms with van der Waals surface area (Å²) in [7, 11) is 1.90. The van der Waals surface area contributed by atoms with Gasteiger partial charge >= 0.3 is 0 Å². The molecule has 0 aliphatic rings. The maximum Gasteiger partial charge on any atom is 0.245 e. The lowest BCUT2D eigenvalue weighted by atomic mass is 10.4. The Morgan fingerprint density at radius 2 is 2.07 bits per heavy atom. The third kappa shape index (κ3) is 9.48. The highest BCUT2D eigenvalue weighted by Gasteiger charge is 1.99. The zero-order chi connectivity index (χ0) is 10.6. The molecule has 2 N–H and O–H groups in total. The Labute approximate surface area is 86.4 Å². The van der Waals surface area contributed by atoms with Crippen LogP contribution >= 0.6 is 0 Å². The second kappa shape index (κ2) is 10.5. The minimum atomic E-state index is -0.0165. The molecular formula is C10H22N2O2. The first kappa shape index (κ1) is 13.4. The second-order valence-electron chi connectivity index (χ2n) is 3.21. The van der Waals surface area contributed by atoms with Crippen molar-refractivity contribution in [3.63, 3.8) is 0 Å². The van der Waals surface area contributed by atoms with Crippen molar-refractivity contribution in [2.75, 3.05) is 33.4 Å². The highest BCUT2D eigenvalue weighted by Crippen LogP contribution is 1.87. The predicted octanol–water partition coefficient (Wildman–Crippen LogP) is 0.529. The van der Waals surface area contributed by atoms with E-state index in [9.17, 15) is 4.79 Å². The summed E-state index contributed by atoms with van der Waals surface area (Å²) in [4.78, 5) is 11.1. The Morgan fingerprint density at radius 3 is 2.71 bits per heavy atom. The second-order valence-corrected chi connectivity index (χ2v) is 3.21. The molecule has 0 bridgehead atoms. The van der Waals surface area contributed by atoms with Crippen LogP contribution in [0.2, 0.25) is 0 Å². The van der Waals surface area contributed by atoms with E-state index in [1.54, 1.807) is 0 Å². The van der Waals surface area contributed by atoms with E-state index < -0.39 is 0 Å². The van der Waals surface area contributed by atoms with Gasteiger partial charge in [-0.1, -0.05) is 13.3 Å². The van der Waals surface area contributed by atoms with Crippen molar-refractivity contribution < 1.29 is 9.53 Å². The van der Waals surface area contributed by atoms with Gasteiger partial charge in [0.25, 0.3) is 0 Å². The van der Waals surface area contributed by atoms with E-state index >= 15 is 0 Å². The molecule has 0 spiro atoms. The summed E-state index contributed by atoms with van der Waals surface area (Å²) in [5, 5.41) is 5.81. The van der Waals surface area contributed by atoms with Crippen molar-refractivity contribution in [2.45, 2.75) is 26.2 Å². The molecule has 0 aromatic heterocycles. The van der Waals surface area contributed by atoms with Crippen molar-refractivity contribution in [3.05, 3.63) is 0 Å². The molecule has 0 aliphatic carbocycles. The van der Waals surface area contributed by atoms with Crippen LogP contribution in [0.1, 0.15) is 26.2 Å². The molecule has 0 atom stereocenters. The molecule has 4 nitrogen and oxygen atoms in total. The van der Waals surface area contributed by atoms with E-state index in [1.807, 2.05) is 7.05 Å². The number of carbonyl (C=O) groups excluding carboxylic acids is 1. The van der Waals surface area contributed by atoms with E-state index in [4.69, 9.17) is 4.74 Å². The highest BCUT2D eigenvalue weighted by molar-refractivity contribution is 5.77. The van der Waals surface area contributed by atoms with Crippen LogP contribution in [-0.4, -0.2) is 39.3 Å². The number of rotatable bonds is 9. The topological polar surface area (TPSA) is 50.4 Å². The summed E-state index contributed by atoms with van der Waals surface area (Å²) in [6, 6.07) is 0. The van der Waals surface area contributed by atoms with Crippen molar-refractivity contribution >= 4 is 5.91 Å². The molecule has 0 saturated heterocycles. The summed E-state index contributed by atoms with van der Waals surface area (Å²) < 4.78 is 5.17. The van der Waals surface area contributed by atoms with Gasteiger partial charge in [0.1, 0.15) is 6.61 Å². The molecule has 0 aromatic carbocycles. The Morgan fingerprint density at radius 1 is 1.29 bits per heavy atom. The summed E-state index contributed by atoms with van der Waals surface area (Å²) >= 11 is 0. The van der Waals surface area contributed by atoms with Crippen molar-refractivity contribution in [2.24, 2.45) is 0 Å². The number of hydrogen-bond donors (Lipinski definition) is 2. The molecule has 0 rings (SSSR count). The van der Waals surface area contributed by atoms with E-state index in [1.165, 1.54) is 0 Å². The van der Waals surface area contributed by atoms with Crippen LogP contribution in [0.4, 0.5) is 0 Å². The van der Waals surface area contributed by atoms with Gasteiger partial charge in [-0.2, -0.15) is 0 Å². The molecule has 4 heteroatoms. The number of ether oxygens (including phenoxy) is 1. The number of carbonyl (C=O) groups is 1. The molecule has 0 heterocycles. The third-order valence-corrected chi connectivity index (χ3v) is 1.80. The summed E-state index contributed by atoms with van der Waals surface area (Å²) in [6.45, 7) is 4.62. The van der Waals surface area contributed by atoms with Gasteiger partial charge in [-0.05, 0) is 26.4 Å². The normalized spacial score (nSPS) is 10.1. The Balaban J connectivity index is 3.11. The fourth-order valence-corrected chi connectivity index (χ4v) is 0.955. The largest absolute Gasteiger partial charge is 0.372 e. The molecule has 0 radical (unpaired) electrons. The van der Waals surface area contributed by atoms with E-state index in [2.05, 4.69) is 17.6 Å². The van der Waals surface area contributed by atoms with Gasteiger partial charge in [-0.25, -0.2) is 0 Å². The van der Waals surface area contributed by atoms with Crippen molar-refractivity contribution in [1.29, 1.82) is 0 Å². The fourth-order valence-electron chi connectivity index (χ4n) is 0.955. The molecular weight excluding hydrogens is 180 g/mol. The molecule has 14 heavy (non-hydrogen) atoms. The zero-order valence-corrected chi connectivity index (χ0v) is 9.27. The summed E-state index contributed by atoms with van der Waals surface area (Å²) in [5.74, 6) is -0.0165. The van der Waals surface area contributed by atoms with Gasteiger partial charge in [0, 0.05) is 13.2 Å². The van der Waals surface area contributed by atoms with Crippen LogP contribution in [-0.2, 0) is 9.53 Å². The number of unbranched alkanes of at least 4 members (excludes halogenated alkanes) is 1. The molecule has 0 saturated carbocycles. The van der Waals surface area contributed by atoms with Gasteiger partial charge in [0.2, 0.25) is 5.91 Å². The van der Waals surface area contributed by atoms with Crippen LogP contribution in [0.25, 0.3) is 0 Å². The Kier molecular flexibility index (Phi) is 10.0. The van der Waals surface area contributed by atoms with Crippen LogP contribution in [0.15, 0.2) is 0 Å². The molecule has 84 valence electrons. The monoisotopic (exact) mass is 202 g/mol. The third-order valence-electron chi connectivity index (χ3n) is 1.80. The SMILES string of the molecule is CCCCOCC(=O)NCCCNC. The fraction of sp³-hybridized carbons (Fsp3) is 0.900. The molecule has 1 amide bonds. The minimum Gasteiger partial charge on any atom is -0.372 e. The van der Waals surface area contributed by atoms with Gasteiger partial charge in [0.15, 0.2) is 0 Å². The summed E-state index contributed by atoms with van der Waals surface area (Å²) in [6.07, 6.45) is 3.08. The first-order valence-electron chi connectivity index (χ1n) is 5.30. The standard InChI is InChI=1S/C10H22N2O2/c1-3-4-8-14-9-10(13)12-7-5-6-11-2/h11H,3-9H2,1-2H3,(H,12,13). The molecule has 0 fully saturated rings. The van der Waals surface area contributed by atoms with Crippen LogP contribution in [0, 0.1) is 0 Å². The Bertz CT molecular complexity index is 126. The maximum atomic E-state index is 11.1. The van der Waals surface area contributed by atoms with Gasteiger partial charge < -0.3 is 15.4 Å². The van der Waals surface area contributed by atoms with Crippen molar-refractivity contribution in [1.82, 2.24) is 10.6 Å².